The Kier molecular flexibility index (Phi) is 11.6. The second kappa shape index (κ2) is 13.3. The molecule has 0 bridgehead atoms. The van der Waals surface area contributed by atoms with Gasteiger partial charge in [-0.15, -0.1) is 24.8 Å². The number of halogens is 2. The summed E-state index contributed by atoms with van der Waals surface area (Å²) < 4.78 is 0. The van der Waals surface area contributed by atoms with Gasteiger partial charge in [-0.25, -0.2) is 0 Å². The molecular formula is C23H32Cl2N4O2. The highest BCUT2D eigenvalue weighted by atomic mass is 35.5. The first kappa shape index (κ1) is 26.9. The Balaban J connectivity index is 0.00000240. The van der Waals surface area contributed by atoms with Crippen LogP contribution in [0.25, 0.3) is 0 Å². The molecule has 1 heterocycles. The smallest absolute Gasteiger partial charge is 0.251 e. The summed E-state index contributed by atoms with van der Waals surface area (Å²) in [5, 5.41) is 5.82. The maximum atomic E-state index is 12.3. The molecule has 0 aromatic heterocycles. The largest absolute Gasteiger partial charge is 0.351 e. The van der Waals surface area contributed by atoms with Crippen LogP contribution in [0.2, 0.25) is 0 Å². The quantitative estimate of drug-likeness (QED) is 0.557. The number of carbonyl (C=O) groups is 2. The summed E-state index contributed by atoms with van der Waals surface area (Å²) in [5.74, 6) is -0.293. The number of amides is 2. The minimum atomic E-state index is -0.698. The van der Waals surface area contributed by atoms with Gasteiger partial charge in [0.2, 0.25) is 5.91 Å². The van der Waals surface area contributed by atoms with E-state index in [0.717, 1.165) is 36.3 Å². The monoisotopic (exact) mass is 466 g/mol. The van der Waals surface area contributed by atoms with Gasteiger partial charge in [-0.2, -0.15) is 0 Å². The zero-order chi connectivity index (χ0) is 20.6. The highest BCUT2D eigenvalue weighted by molar-refractivity contribution is 5.94. The highest BCUT2D eigenvalue weighted by Gasteiger charge is 2.15. The zero-order valence-electron chi connectivity index (χ0n) is 17.8. The molecule has 1 fully saturated rings. The Labute approximate surface area is 196 Å². The molecule has 1 atom stereocenters. The maximum absolute atomic E-state index is 12.3. The Hall–Kier alpha value is -2.12. The molecule has 0 saturated carbocycles. The van der Waals surface area contributed by atoms with E-state index in [4.69, 9.17) is 5.73 Å². The Morgan fingerprint density at radius 2 is 1.58 bits per heavy atom. The SMILES string of the molecule is Cc1ccc(C(N)C(=O)NCc2ccc(C(=O)NCCN3CCCC3)cc2)cc1.Cl.Cl. The number of carbonyl (C=O) groups excluding carboxylic acids is 2. The Bertz CT molecular complexity index is 822. The maximum Gasteiger partial charge on any atom is 0.251 e. The lowest BCUT2D eigenvalue weighted by Crippen LogP contribution is -2.34. The van der Waals surface area contributed by atoms with E-state index in [1.165, 1.54) is 12.8 Å². The third kappa shape index (κ3) is 8.15. The van der Waals surface area contributed by atoms with Crippen molar-refractivity contribution in [1.29, 1.82) is 0 Å². The summed E-state index contributed by atoms with van der Waals surface area (Å²) >= 11 is 0. The molecule has 0 radical (unpaired) electrons. The van der Waals surface area contributed by atoms with Crippen LogP contribution in [0.4, 0.5) is 0 Å². The third-order valence-corrected chi connectivity index (χ3v) is 5.31. The van der Waals surface area contributed by atoms with Crippen LogP contribution in [0.3, 0.4) is 0 Å². The number of likely N-dealkylation sites (tertiary alicyclic amines) is 1. The van der Waals surface area contributed by atoms with Gasteiger partial charge < -0.3 is 21.3 Å². The van der Waals surface area contributed by atoms with Crippen LogP contribution in [0.1, 0.15) is 45.9 Å². The lowest BCUT2D eigenvalue weighted by atomic mass is 10.1. The number of rotatable bonds is 8. The van der Waals surface area contributed by atoms with Gasteiger partial charge in [0.1, 0.15) is 6.04 Å². The van der Waals surface area contributed by atoms with Gasteiger partial charge in [-0.05, 0) is 56.1 Å². The molecule has 4 N–H and O–H groups in total. The van der Waals surface area contributed by atoms with Gasteiger partial charge in [0.25, 0.3) is 5.91 Å². The standard InChI is InChI=1S/C23H30N4O2.2ClH/c1-17-4-8-19(9-5-17)21(24)23(29)26-16-18-6-10-20(11-7-18)22(28)25-12-15-27-13-2-3-14-27;;/h4-11,21H,2-3,12-16,24H2,1H3,(H,25,28)(H,26,29);2*1H. The van der Waals surface area contributed by atoms with Crippen LogP contribution in [-0.2, 0) is 11.3 Å². The predicted molar refractivity (Wildman–Crippen MR) is 129 cm³/mol. The number of benzene rings is 2. The summed E-state index contributed by atoms with van der Waals surface area (Å²) in [7, 11) is 0. The van der Waals surface area contributed by atoms with Crippen LogP contribution in [-0.4, -0.2) is 42.9 Å². The fourth-order valence-corrected chi connectivity index (χ4v) is 3.43. The summed E-state index contributed by atoms with van der Waals surface area (Å²) in [4.78, 5) is 26.9. The van der Waals surface area contributed by atoms with Crippen LogP contribution in [0, 0.1) is 6.92 Å². The van der Waals surface area contributed by atoms with E-state index in [-0.39, 0.29) is 36.6 Å². The van der Waals surface area contributed by atoms with Crippen molar-refractivity contribution < 1.29 is 9.59 Å². The number of nitrogens with one attached hydrogen (secondary N) is 2. The molecule has 0 spiro atoms. The lowest BCUT2D eigenvalue weighted by molar-refractivity contribution is -0.122. The molecule has 8 heteroatoms. The summed E-state index contributed by atoms with van der Waals surface area (Å²) in [5.41, 5.74) is 9.49. The van der Waals surface area contributed by atoms with Gasteiger partial charge >= 0.3 is 0 Å². The molecular weight excluding hydrogens is 435 g/mol. The molecule has 0 aliphatic carbocycles. The van der Waals surface area contributed by atoms with E-state index in [2.05, 4.69) is 15.5 Å². The molecule has 3 rings (SSSR count). The van der Waals surface area contributed by atoms with Gasteiger partial charge in [0, 0.05) is 25.2 Å². The number of hydrogen-bond donors (Lipinski definition) is 3. The summed E-state index contributed by atoms with van der Waals surface area (Å²) in [6.45, 7) is 6.18. The van der Waals surface area contributed by atoms with Crippen LogP contribution < -0.4 is 16.4 Å². The molecule has 1 saturated heterocycles. The predicted octanol–water partition coefficient (Wildman–Crippen LogP) is 2.98. The number of nitrogens with two attached hydrogens (primary N) is 1. The molecule has 6 nitrogen and oxygen atoms in total. The van der Waals surface area contributed by atoms with Crippen molar-refractivity contribution >= 4 is 36.6 Å². The fourth-order valence-electron chi connectivity index (χ4n) is 3.43. The summed E-state index contributed by atoms with van der Waals surface area (Å²) in [6.07, 6.45) is 2.50. The minimum absolute atomic E-state index is 0. The minimum Gasteiger partial charge on any atom is -0.351 e. The first-order chi connectivity index (χ1) is 14.0. The highest BCUT2D eigenvalue weighted by Crippen LogP contribution is 2.12. The number of aryl methyl sites for hydroxylation is 1. The molecule has 1 aliphatic rings. The molecule has 1 aliphatic heterocycles. The first-order valence-corrected chi connectivity index (χ1v) is 10.2. The van der Waals surface area contributed by atoms with Crippen LogP contribution in [0.15, 0.2) is 48.5 Å². The normalized spacial score (nSPS) is 14.1. The van der Waals surface area contributed by atoms with Gasteiger partial charge in [0.15, 0.2) is 0 Å². The summed E-state index contributed by atoms with van der Waals surface area (Å²) in [6, 6.07) is 14.2. The van der Waals surface area contributed by atoms with Crippen molar-refractivity contribution in [3.8, 4) is 0 Å². The zero-order valence-corrected chi connectivity index (χ0v) is 19.4. The molecule has 170 valence electrons. The molecule has 2 aromatic rings. The average Bonchev–Trinajstić information content (AvgIpc) is 3.26. The van der Waals surface area contributed by atoms with Gasteiger partial charge in [-0.3, -0.25) is 9.59 Å². The van der Waals surface area contributed by atoms with E-state index in [1.807, 2.05) is 43.3 Å². The molecule has 31 heavy (non-hydrogen) atoms. The van der Waals surface area contributed by atoms with Gasteiger partial charge in [0.05, 0.1) is 0 Å². The van der Waals surface area contributed by atoms with Crippen LogP contribution in [0.5, 0.6) is 0 Å². The van der Waals surface area contributed by atoms with Gasteiger partial charge in [-0.1, -0.05) is 42.0 Å². The van der Waals surface area contributed by atoms with E-state index in [1.54, 1.807) is 12.1 Å². The van der Waals surface area contributed by atoms with E-state index in [0.29, 0.717) is 18.7 Å². The first-order valence-electron chi connectivity index (χ1n) is 10.2. The van der Waals surface area contributed by atoms with E-state index >= 15 is 0 Å². The second-order valence-electron chi connectivity index (χ2n) is 7.61. The van der Waals surface area contributed by atoms with Crippen molar-refractivity contribution in [2.75, 3.05) is 26.2 Å². The molecule has 2 amide bonds. The number of hydrogen-bond acceptors (Lipinski definition) is 4. The van der Waals surface area contributed by atoms with Crippen molar-refractivity contribution in [2.24, 2.45) is 5.73 Å². The topological polar surface area (TPSA) is 87.5 Å². The second-order valence-corrected chi connectivity index (χ2v) is 7.61. The average molecular weight is 467 g/mol. The van der Waals surface area contributed by atoms with Crippen molar-refractivity contribution in [3.05, 3.63) is 70.8 Å². The lowest BCUT2D eigenvalue weighted by Gasteiger charge is -2.15. The van der Waals surface area contributed by atoms with Crippen molar-refractivity contribution in [2.45, 2.75) is 32.4 Å². The number of nitrogens with zero attached hydrogens (tertiary/aromatic N) is 1. The molecule has 1 unspecified atom stereocenters. The van der Waals surface area contributed by atoms with Crippen molar-refractivity contribution in [3.63, 3.8) is 0 Å². The fraction of sp³-hybridized carbons (Fsp3) is 0.391. The van der Waals surface area contributed by atoms with E-state index in [9.17, 15) is 9.59 Å². The molecule has 2 aromatic carbocycles. The van der Waals surface area contributed by atoms with Crippen LogP contribution >= 0.6 is 24.8 Å². The van der Waals surface area contributed by atoms with E-state index < -0.39 is 6.04 Å². The third-order valence-electron chi connectivity index (χ3n) is 5.31. The Morgan fingerprint density at radius 3 is 2.19 bits per heavy atom. The van der Waals surface area contributed by atoms with Crippen molar-refractivity contribution in [1.82, 2.24) is 15.5 Å². The Morgan fingerprint density at radius 1 is 0.968 bits per heavy atom.